The van der Waals surface area contributed by atoms with Crippen molar-refractivity contribution in [3.63, 3.8) is 0 Å². The molecule has 4 heteroatoms. The minimum absolute atomic E-state index is 0. The van der Waals surface area contributed by atoms with Crippen molar-refractivity contribution in [3.8, 4) is 0 Å². The first-order valence-corrected chi connectivity index (χ1v) is 6.71. The highest BCUT2D eigenvalue weighted by Gasteiger charge is 2.01. The Kier molecular flexibility index (Phi) is 16.0. The number of ether oxygens (including phenoxy) is 1. The van der Waals surface area contributed by atoms with E-state index in [1.807, 2.05) is 0 Å². The fraction of sp³-hybridized carbons (Fsp3) is 0.786. The molecule has 3 nitrogen and oxygen atoms in total. The van der Waals surface area contributed by atoms with Gasteiger partial charge in [0.15, 0.2) is 0 Å². The van der Waals surface area contributed by atoms with Crippen molar-refractivity contribution in [2.45, 2.75) is 58.3 Å². The average molecular weight is 278 g/mol. The molecule has 2 N–H and O–H groups in total. The lowest BCUT2D eigenvalue weighted by atomic mass is 10.1. The maximum Gasteiger partial charge on any atom is 0.333 e. The SMILES string of the molecule is C=C(C)C(=O)OCCCCCCCCCCN.Cl. The number of rotatable bonds is 11. The fourth-order valence-electron chi connectivity index (χ4n) is 1.60. The van der Waals surface area contributed by atoms with Crippen LogP contribution in [-0.2, 0) is 9.53 Å². The minimum Gasteiger partial charge on any atom is -0.462 e. The Balaban J connectivity index is 0. The second kappa shape index (κ2) is 14.5. The van der Waals surface area contributed by atoms with E-state index in [9.17, 15) is 4.79 Å². The van der Waals surface area contributed by atoms with Crippen molar-refractivity contribution in [3.05, 3.63) is 12.2 Å². The number of unbranched alkanes of at least 4 members (excludes halogenated alkanes) is 7. The molecule has 0 heterocycles. The number of halogens is 1. The maximum atomic E-state index is 11.0. The van der Waals surface area contributed by atoms with Gasteiger partial charge in [0.2, 0.25) is 0 Å². The van der Waals surface area contributed by atoms with Crippen molar-refractivity contribution in [1.82, 2.24) is 0 Å². The topological polar surface area (TPSA) is 52.3 Å². The van der Waals surface area contributed by atoms with Gasteiger partial charge in [0.1, 0.15) is 0 Å². The number of esters is 1. The van der Waals surface area contributed by atoms with Crippen LogP contribution in [0.1, 0.15) is 58.3 Å². The van der Waals surface area contributed by atoms with Crippen LogP contribution >= 0.6 is 12.4 Å². The summed E-state index contributed by atoms with van der Waals surface area (Å²) in [5.41, 5.74) is 5.90. The summed E-state index contributed by atoms with van der Waals surface area (Å²) in [6.07, 6.45) is 9.60. The second-order valence-electron chi connectivity index (χ2n) is 4.53. The van der Waals surface area contributed by atoms with E-state index >= 15 is 0 Å². The first-order valence-electron chi connectivity index (χ1n) is 6.71. The van der Waals surface area contributed by atoms with Crippen LogP contribution in [0, 0.1) is 0 Å². The third kappa shape index (κ3) is 13.5. The van der Waals surface area contributed by atoms with Crippen LogP contribution in [0.4, 0.5) is 0 Å². The quantitative estimate of drug-likeness (QED) is 0.357. The lowest BCUT2D eigenvalue weighted by Gasteiger charge is -2.04. The molecule has 0 aliphatic carbocycles. The third-order valence-electron chi connectivity index (χ3n) is 2.68. The summed E-state index contributed by atoms with van der Waals surface area (Å²) in [5.74, 6) is -0.271. The third-order valence-corrected chi connectivity index (χ3v) is 2.68. The summed E-state index contributed by atoms with van der Waals surface area (Å²) in [6, 6.07) is 0. The lowest BCUT2D eigenvalue weighted by Crippen LogP contribution is -2.05. The predicted molar refractivity (Wildman–Crippen MR) is 79.0 cm³/mol. The van der Waals surface area contributed by atoms with Crippen LogP contribution in [0.5, 0.6) is 0 Å². The van der Waals surface area contributed by atoms with Crippen LogP contribution in [0.3, 0.4) is 0 Å². The van der Waals surface area contributed by atoms with Gasteiger partial charge in [-0.3, -0.25) is 0 Å². The van der Waals surface area contributed by atoms with Gasteiger partial charge in [-0.25, -0.2) is 4.79 Å². The van der Waals surface area contributed by atoms with Crippen molar-refractivity contribution >= 4 is 18.4 Å². The number of hydrogen-bond donors (Lipinski definition) is 1. The Bertz CT molecular complexity index is 220. The molecule has 0 aromatic heterocycles. The van der Waals surface area contributed by atoms with Gasteiger partial charge >= 0.3 is 5.97 Å². The van der Waals surface area contributed by atoms with E-state index in [-0.39, 0.29) is 18.4 Å². The van der Waals surface area contributed by atoms with Crippen molar-refractivity contribution in [2.75, 3.05) is 13.2 Å². The normalized spacial score (nSPS) is 9.67. The molecule has 18 heavy (non-hydrogen) atoms. The van der Waals surface area contributed by atoms with Gasteiger partial charge in [0.05, 0.1) is 6.61 Å². The van der Waals surface area contributed by atoms with Crippen LogP contribution in [0.25, 0.3) is 0 Å². The second-order valence-corrected chi connectivity index (χ2v) is 4.53. The monoisotopic (exact) mass is 277 g/mol. The van der Waals surface area contributed by atoms with Crippen LogP contribution in [-0.4, -0.2) is 19.1 Å². The van der Waals surface area contributed by atoms with E-state index in [2.05, 4.69) is 6.58 Å². The highest BCUT2D eigenvalue weighted by Crippen LogP contribution is 2.08. The zero-order chi connectivity index (χ0) is 12.9. The summed E-state index contributed by atoms with van der Waals surface area (Å²) in [5, 5.41) is 0. The van der Waals surface area contributed by atoms with E-state index in [1.54, 1.807) is 6.92 Å². The van der Waals surface area contributed by atoms with Gasteiger partial charge in [0, 0.05) is 5.57 Å². The Morgan fingerprint density at radius 1 is 1.00 bits per heavy atom. The molecule has 0 atom stereocenters. The molecular weight excluding hydrogens is 250 g/mol. The average Bonchev–Trinajstić information content (AvgIpc) is 2.31. The molecule has 0 spiro atoms. The maximum absolute atomic E-state index is 11.0. The molecule has 0 unspecified atom stereocenters. The molecule has 0 aliphatic heterocycles. The molecule has 0 radical (unpaired) electrons. The van der Waals surface area contributed by atoms with E-state index in [1.165, 1.54) is 32.1 Å². The smallest absolute Gasteiger partial charge is 0.333 e. The molecule has 0 bridgehead atoms. The van der Waals surface area contributed by atoms with Crippen LogP contribution in [0.2, 0.25) is 0 Å². The first-order chi connectivity index (χ1) is 8.18. The van der Waals surface area contributed by atoms with Gasteiger partial charge in [-0.15, -0.1) is 12.4 Å². The summed E-state index contributed by atoms with van der Waals surface area (Å²) in [7, 11) is 0. The summed E-state index contributed by atoms with van der Waals surface area (Å²) < 4.78 is 5.01. The zero-order valence-corrected chi connectivity index (χ0v) is 12.4. The van der Waals surface area contributed by atoms with E-state index in [0.717, 1.165) is 25.8 Å². The standard InChI is InChI=1S/C14H27NO2.ClH/c1-13(2)14(16)17-12-10-8-6-4-3-5-7-9-11-15;/h1,3-12,15H2,2H3;1H. The van der Waals surface area contributed by atoms with Gasteiger partial charge in [-0.2, -0.15) is 0 Å². The van der Waals surface area contributed by atoms with Gasteiger partial charge in [0.25, 0.3) is 0 Å². The molecule has 108 valence electrons. The number of nitrogens with two attached hydrogens (primary N) is 1. The largest absolute Gasteiger partial charge is 0.462 e. The van der Waals surface area contributed by atoms with Crippen LogP contribution in [0.15, 0.2) is 12.2 Å². The molecule has 0 saturated heterocycles. The Labute approximate surface area is 118 Å². The van der Waals surface area contributed by atoms with E-state index in [4.69, 9.17) is 10.5 Å². The molecule has 0 aliphatic rings. The summed E-state index contributed by atoms with van der Waals surface area (Å²) in [6.45, 7) is 6.55. The Morgan fingerprint density at radius 3 is 1.89 bits per heavy atom. The molecule has 0 saturated carbocycles. The van der Waals surface area contributed by atoms with Crippen LogP contribution < -0.4 is 5.73 Å². The zero-order valence-electron chi connectivity index (χ0n) is 11.6. The van der Waals surface area contributed by atoms with E-state index < -0.39 is 0 Å². The Morgan fingerprint density at radius 2 is 1.44 bits per heavy atom. The predicted octanol–water partition coefficient (Wildman–Crippen LogP) is 3.61. The molecular formula is C14H28ClNO2. The molecule has 0 amide bonds. The summed E-state index contributed by atoms with van der Waals surface area (Å²) >= 11 is 0. The van der Waals surface area contributed by atoms with Gasteiger partial charge in [-0.1, -0.05) is 45.1 Å². The number of carbonyl (C=O) groups excluding carboxylic acids is 1. The molecule has 0 fully saturated rings. The highest BCUT2D eigenvalue weighted by molar-refractivity contribution is 5.86. The van der Waals surface area contributed by atoms with E-state index in [0.29, 0.717) is 12.2 Å². The van der Waals surface area contributed by atoms with Crippen molar-refractivity contribution in [1.29, 1.82) is 0 Å². The van der Waals surface area contributed by atoms with Gasteiger partial charge in [-0.05, 0) is 26.3 Å². The fourth-order valence-corrected chi connectivity index (χ4v) is 1.60. The number of hydrogen-bond acceptors (Lipinski definition) is 3. The van der Waals surface area contributed by atoms with Gasteiger partial charge < -0.3 is 10.5 Å². The number of carbonyl (C=O) groups is 1. The van der Waals surface area contributed by atoms with Crippen molar-refractivity contribution < 1.29 is 9.53 Å². The summed E-state index contributed by atoms with van der Waals surface area (Å²) in [4.78, 5) is 11.0. The molecule has 0 rings (SSSR count). The molecule has 0 aromatic carbocycles. The molecule has 0 aromatic rings. The Hall–Kier alpha value is -0.540. The minimum atomic E-state index is -0.271. The first kappa shape index (κ1) is 19.8. The van der Waals surface area contributed by atoms with Crippen molar-refractivity contribution in [2.24, 2.45) is 5.73 Å². The highest BCUT2D eigenvalue weighted by atomic mass is 35.5. The lowest BCUT2D eigenvalue weighted by molar-refractivity contribution is -0.139.